The van der Waals surface area contributed by atoms with Crippen LogP contribution in [0.15, 0.2) is 23.1 Å². The van der Waals surface area contributed by atoms with Crippen LogP contribution >= 0.6 is 0 Å². The van der Waals surface area contributed by atoms with Crippen LogP contribution in [0.1, 0.15) is 18.4 Å². The minimum absolute atomic E-state index is 0.317. The van der Waals surface area contributed by atoms with Crippen LogP contribution < -0.4 is 10.1 Å². The summed E-state index contributed by atoms with van der Waals surface area (Å²) in [5, 5.41) is 2.98. The predicted octanol–water partition coefficient (Wildman–Crippen LogP) is 1.53. The Kier molecular flexibility index (Phi) is 3.38. The Morgan fingerprint density at radius 1 is 1.39 bits per heavy atom. The lowest BCUT2D eigenvalue weighted by Crippen LogP contribution is -2.34. The molecular weight excluding hydrogens is 250 g/mol. The van der Waals surface area contributed by atoms with Crippen molar-refractivity contribution < 1.29 is 13.2 Å². The van der Waals surface area contributed by atoms with Gasteiger partial charge < -0.3 is 10.1 Å². The third-order valence-electron chi connectivity index (χ3n) is 3.49. The molecule has 5 heteroatoms. The van der Waals surface area contributed by atoms with Crippen molar-refractivity contribution >= 4 is 9.84 Å². The molecule has 1 aromatic carbocycles. The highest BCUT2D eigenvalue weighted by Gasteiger charge is 2.55. The molecule has 0 atom stereocenters. The second-order valence-corrected chi connectivity index (χ2v) is 7.18. The van der Waals surface area contributed by atoms with Gasteiger partial charge in [-0.05, 0) is 44.5 Å². The molecule has 18 heavy (non-hydrogen) atoms. The highest BCUT2D eigenvalue weighted by atomic mass is 32.2. The third-order valence-corrected chi connectivity index (χ3v) is 6.08. The summed E-state index contributed by atoms with van der Waals surface area (Å²) >= 11 is 0. The number of hydrogen-bond donors (Lipinski definition) is 1. The van der Waals surface area contributed by atoms with E-state index in [2.05, 4.69) is 5.32 Å². The van der Waals surface area contributed by atoms with E-state index in [1.807, 2.05) is 13.0 Å². The van der Waals surface area contributed by atoms with Gasteiger partial charge in [0.05, 0.1) is 11.9 Å². The van der Waals surface area contributed by atoms with E-state index >= 15 is 0 Å². The third kappa shape index (κ3) is 2.01. The fourth-order valence-corrected chi connectivity index (χ4v) is 4.43. The molecule has 1 saturated carbocycles. The van der Waals surface area contributed by atoms with E-state index in [0.717, 1.165) is 5.56 Å². The van der Waals surface area contributed by atoms with Crippen LogP contribution in [0.4, 0.5) is 0 Å². The molecule has 0 aromatic heterocycles. The van der Waals surface area contributed by atoms with Gasteiger partial charge in [-0.2, -0.15) is 0 Å². The summed E-state index contributed by atoms with van der Waals surface area (Å²) in [6.07, 6.45) is 1.43. The lowest BCUT2D eigenvalue weighted by molar-refractivity contribution is 0.402. The Balaban J connectivity index is 2.51. The first-order valence-corrected chi connectivity index (χ1v) is 7.49. The van der Waals surface area contributed by atoms with Crippen LogP contribution in [0.3, 0.4) is 0 Å². The van der Waals surface area contributed by atoms with Gasteiger partial charge in [0.2, 0.25) is 0 Å². The molecule has 100 valence electrons. The molecule has 2 rings (SSSR count). The number of methoxy groups -OCH3 is 1. The van der Waals surface area contributed by atoms with Crippen LogP contribution in [0, 0.1) is 6.92 Å². The van der Waals surface area contributed by atoms with Gasteiger partial charge in [-0.15, -0.1) is 0 Å². The first kappa shape index (κ1) is 13.4. The smallest absolute Gasteiger partial charge is 0.188 e. The second-order valence-electron chi connectivity index (χ2n) is 4.87. The summed E-state index contributed by atoms with van der Waals surface area (Å²) in [6.45, 7) is 2.38. The van der Waals surface area contributed by atoms with Crippen LogP contribution in [0.25, 0.3) is 0 Å². The molecule has 0 radical (unpaired) electrons. The number of rotatable bonds is 5. The van der Waals surface area contributed by atoms with Gasteiger partial charge in [0.15, 0.2) is 9.84 Å². The second kappa shape index (κ2) is 4.55. The van der Waals surface area contributed by atoms with Gasteiger partial charge in [-0.25, -0.2) is 8.42 Å². The Morgan fingerprint density at radius 3 is 2.56 bits per heavy atom. The standard InChI is InChI=1S/C13H19NO3S/c1-10-4-5-11(17-3)12(8-10)18(15,16)13(6-7-13)9-14-2/h4-5,8,14H,6-7,9H2,1-3H3. The molecule has 1 aliphatic rings. The number of hydrogen-bond acceptors (Lipinski definition) is 4. The van der Waals surface area contributed by atoms with Crippen molar-refractivity contribution in [2.24, 2.45) is 0 Å². The normalized spacial score (nSPS) is 17.5. The van der Waals surface area contributed by atoms with Crippen molar-refractivity contribution in [1.29, 1.82) is 0 Å². The van der Waals surface area contributed by atoms with Crippen LogP contribution in [0.2, 0.25) is 0 Å². The first-order valence-electron chi connectivity index (χ1n) is 6.01. The van der Waals surface area contributed by atoms with Crippen LogP contribution in [-0.4, -0.2) is 33.9 Å². The fraction of sp³-hybridized carbons (Fsp3) is 0.538. The molecule has 1 N–H and O–H groups in total. The van der Waals surface area contributed by atoms with Crippen molar-refractivity contribution in [1.82, 2.24) is 5.32 Å². The largest absolute Gasteiger partial charge is 0.495 e. The lowest BCUT2D eigenvalue weighted by Gasteiger charge is -2.18. The average Bonchev–Trinajstić information content (AvgIpc) is 3.11. The maximum atomic E-state index is 12.7. The molecule has 0 bridgehead atoms. The maximum Gasteiger partial charge on any atom is 0.188 e. The van der Waals surface area contributed by atoms with E-state index in [1.54, 1.807) is 19.2 Å². The topological polar surface area (TPSA) is 55.4 Å². The fourth-order valence-electron chi connectivity index (χ4n) is 2.23. The minimum Gasteiger partial charge on any atom is -0.495 e. The first-order chi connectivity index (χ1) is 8.47. The molecular formula is C13H19NO3S. The molecule has 0 saturated heterocycles. The highest BCUT2D eigenvalue weighted by molar-refractivity contribution is 7.93. The zero-order valence-corrected chi connectivity index (χ0v) is 11.8. The van der Waals surface area contributed by atoms with Gasteiger partial charge >= 0.3 is 0 Å². The molecule has 1 aromatic rings. The van der Waals surface area contributed by atoms with Crippen molar-refractivity contribution in [3.63, 3.8) is 0 Å². The number of benzene rings is 1. The Bertz CT molecular complexity index is 547. The maximum absolute atomic E-state index is 12.7. The van der Waals surface area contributed by atoms with Crippen LogP contribution in [-0.2, 0) is 9.84 Å². The number of aryl methyl sites for hydroxylation is 1. The number of nitrogens with one attached hydrogen (secondary N) is 1. The van der Waals surface area contributed by atoms with Gasteiger partial charge in [-0.3, -0.25) is 0 Å². The summed E-state index contributed by atoms with van der Waals surface area (Å²) in [5.41, 5.74) is 0.926. The summed E-state index contributed by atoms with van der Waals surface area (Å²) < 4.78 is 30.0. The van der Waals surface area contributed by atoms with Crippen LogP contribution in [0.5, 0.6) is 5.75 Å². The monoisotopic (exact) mass is 269 g/mol. The van der Waals surface area contributed by atoms with Gasteiger partial charge in [0, 0.05) is 6.54 Å². The summed E-state index contributed by atoms with van der Waals surface area (Å²) in [6, 6.07) is 5.27. The average molecular weight is 269 g/mol. The van der Waals surface area contributed by atoms with E-state index in [4.69, 9.17) is 4.74 Å². The summed E-state index contributed by atoms with van der Waals surface area (Å²) in [4.78, 5) is 0.317. The molecule has 1 aliphatic carbocycles. The molecule has 0 heterocycles. The molecule has 0 amide bonds. The summed E-state index contributed by atoms with van der Waals surface area (Å²) in [5.74, 6) is 0.433. The molecule has 0 unspecified atom stereocenters. The minimum atomic E-state index is -3.34. The van der Waals surface area contributed by atoms with Crippen molar-refractivity contribution in [3.8, 4) is 5.75 Å². The van der Waals surface area contributed by atoms with Crippen molar-refractivity contribution in [2.75, 3.05) is 20.7 Å². The van der Waals surface area contributed by atoms with E-state index < -0.39 is 14.6 Å². The van der Waals surface area contributed by atoms with Gasteiger partial charge in [-0.1, -0.05) is 6.07 Å². The Morgan fingerprint density at radius 2 is 2.06 bits per heavy atom. The molecule has 4 nitrogen and oxygen atoms in total. The molecule has 1 fully saturated rings. The van der Waals surface area contributed by atoms with E-state index in [-0.39, 0.29) is 0 Å². The van der Waals surface area contributed by atoms with Gasteiger partial charge in [0.25, 0.3) is 0 Å². The SMILES string of the molecule is CNCC1(S(=O)(=O)c2cc(C)ccc2OC)CC1. The van der Waals surface area contributed by atoms with E-state index in [1.165, 1.54) is 7.11 Å². The molecule has 0 aliphatic heterocycles. The summed E-state index contributed by atoms with van der Waals surface area (Å²) in [7, 11) is -0.0602. The number of ether oxygens (including phenoxy) is 1. The molecule has 0 spiro atoms. The Labute approximate surface area is 108 Å². The van der Waals surface area contributed by atoms with Crippen molar-refractivity contribution in [3.05, 3.63) is 23.8 Å². The zero-order chi connectivity index (χ0) is 13.4. The Hall–Kier alpha value is -1.07. The highest BCUT2D eigenvalue weighted by Crippen LogP contribution is 2.48. The number of sulfone groups is 1. The van der Waals surface area contributed by atoms with Crippen molar-refractivity contribution in [2.45, 2.75) is 29.4 Å². The van der Waals surface area contributed by atoms with E-state index in [0.29, 0.717) is 30.0 Å². The lowest BCUT2D eigenvalue weighted by atomic mass is 10.2. The van der Waals surface area contributed by atoms with Gasteiger partial charge in [0.1, 0.15) is 10.6 Å². The van der Waals surface area contributed by atoms with E-state index in [9.17, 15) is 8.42 Å². The quantitative estimate of drug-likeness (QED) is 0.880. The predicted molar refractivity (Wildman–Crippen MR) is 70.8 cm³/mol. The zero-order valence-electron chi connectivity index (χ0n) is 11.0.